The van der Waals surface area contributed by atoms with Crippen molar-refractivity contribution in [2.45, 2.75) is 38.3 Å². The number of aliphatic carboxylic acids is 1. The van der Waals surface area contributed by atoms with Gasteiger partial charge in [-0.15, -0.1) is 0 Å². The minimum atomic E-state index is -3.57. The van der Waals surface area contributed by atoms with Crippen LogP contribution in [0.25, 0.3) is 0 Å². The molecule has 0 saturated carbocycles. The van der Waals surface area contributed by atoms with E-state index in [1.165, 1.54) is 0 Å². The zero-order chi connectivity index (χ0) is 22.8. The van der Waals surface area contributed by atoms with Crippen LogP contribution in [0.3, 0.4) is 0 Å². The maximum atomic E-state index is 12.2. The van der Waals surface area contributed by atoms with Gasteiger partial charge < -0.3 is 24.6 Å². The van der Waals surface area contributed by atoms with Crippen LogP contribution in [0.5, 0.6) is 5.75 Å². The average molecular weight is 456 g/mol. The van der Waals surface area contributed by atoms with Crippen molar-refractivity contribution >= 4 is 21.9 Å². The number of ether oxygens (including phenoxy) is 2. The lowest BCUT2D eigenvalue weighted by Gasteiger charge is -2.32. The highest BCUT2D eigenvalue weighted by molar-refractivity contribution is 7.91. The molecule has 4 atom stereocenters. The molecule has 1 aromatic rings. The molecule has 1 aromatic carbocycles. The maximum absolute atomic E-state index is 12.2. The molecule has 2 saturated heterocycles. The van der Waals surface area contributed by atoms with Crippen molar-refractivity contribution in [1.29, 1.82) is 0 Å². The van der Waals surface area contributed by atoms with Crippen LogP contribution in [0.1, 0.15) is 24.5 Å². The summed E-state index contributed by atoms with van der Waals surface area (Å²) in [6.45, 7) is 2.86. The van der Waals surface area contributed by atoms with Gasteiger partial charge in [0, 0.05) is 12.5 Å². The van der Waals surface area contributed by atoms with Crippen molar-refractivity contribution in [3.05, 3.63) is 29.3 Å². The zero-order valence-corrected chi connectivity index (χ0v) is 18.5. The Morgan fingerprint density at radius 3 is 2.68 bits per heavy atom. The first-order valence-electron chi connectivity index (χ1n) is 10.4. The number of cyclic esters (lactones) is 1. The number of rotatable bonds is 8. The molecule has 0 spiro atoms. The van der Waals surface area contributed by atoms with Crippen molar-refractivity contribution in [2.75, 3.05) is 31.8 Å². The zero-order valence-electron chi connectivity index (χ0n) is 17.7. The summed E-state index contributed by atoms with van der Waals surface area (Å²) in [7, 11) is -2.02. The summed E-state index contributed by atoms with van der Waals surface area (Å²) in [5.74, 6) is -3.51. The quantitative estimate of drug-likeness (QED) is 0.596. The van der Waals surface area contributed by atoms with Gasteiger partial charge in [0.2, 0.25) is 0 Å². The van der Waals surface area contributed by atoms with Crippen LogP contribution in [-0.4, -0.2) is 79.5 Å². The van der Waals surface area contributed by atoms with Gasteiger partial charge in [-0.25, -0.2) is 13.2 Å². The van der Waals surface area contributed by atoms with Crippen molar-refractivity contribution < 1.29 is 37.7 Å². The highest BCUT2D eigenvalue weighted by Gasteiger charge is 2.43. The van der Waals surface area contributed by atoms with Crippen molar-refractivity contribution in [3.8, 4) is 5.75 Å². The first-order valence-corrected chi connectivity index (χ1v) is 12.2. The molecular formula is C21H29NO8S. The van der Waals surface area contributed by atoms with E-state index in [-0.39, 0.29) is 30.9 Å². The molecule has 0 bridgehead atoms. The van der Waals surface area contributed by atoms with Crippen molar-refractivity contribution in [1.82, 2.24) is 4.90 Å². The molecule has 2 aliphatic rings. The number of carboxylic acid groups (broad SMARTS) is 1. The Bertz CT molecular complexity index is 931. The van der Waals surface area contributed by atoms with E-state index in [0.717, 1.165) is 17.5 Å². The van der Waals surface area contributed by atoms with Gasteiger partial charge in [-0.1, -0.05) is 19.1 Å². The molecule has 3 rings (SSSR count). The highest BCUT2D eigenvalue weighted by Crippen LogP contribution is 2.30. The van der Waals surface area contributed by atoms with Gasteiger partial charge in [0.25, 0.3) is 0 Å². The monoisotopic (exact) mass is 455 g/mol. The Morgan fingerprint density at radius 1 is 1.29 bits per heavy atom. The standard InChI is InChI=1S/C21H29NO8S/c1-3-6-22-16(10-30-21(22)26)9-14-7-13(4-5-18(14)29-2)8-15-11-31(27,28)12-17(19(15)23)20(24)25/h4-5,7,15-17,19,23H,3,6,8-12H2,1-2H3,(H,24,25)/t15?,16-,17?,19?/m0/s1. The van der Waals surface area contributed by atoms with Crippen LogP contribution in [-0.2, 0) is 32.2 Å². The number of aliphatic hydroxyl groups is 1. The Morgan fingerprint density at radius 2 is 2.03 bits per heavy atom. The van der Waals surface area contributed by atoms with Crippen LogP contribution in [0.2, 0.25) is 0 Å². The summed E-state index contributed by atoms with van der Waals surface area (Å²) < 4.78 is 35.0. The van der Waals surface area contributed by atoms with Gasteiger partial charge in [0.1, 0.15) is 12.4 Å². The Hall–Kier alpha value is -2.33. The van der Waals surface area contributed by atoms with E-state index < -0.39 is 39.5 Å². The SMILES string of the molecule is CCCN1C(=O)OC[C@@H]1Cc1cc(CC2CS(=O)(=O)CC(C(=O)O)C2O)ccc1OC. The third kappa shape index (κ3) is 5.30. The number of carboxylic acids is 1. The van der Waals surface area contributed by atoms with Crippen LogP contribution < -0.4 is 4.74 Å². The molecule has 0 radical (unpaired) electrons. The summed E-state index contributed by atoms with van der Waals surface area (Å²) >= 11 is 0. The van der Waals surface area contributed by atoms with Gasteiger partial charge in [0.05, 0.1) is 36.7 Å². The number of nitrogens with zero attached hydrogens (tertiary/aromatic N) is 1. The van der Waals surface area contributed by atoms with Gasteiger partial charge in [-0.3, -0.25) is 4.79 Å². The molecule has 3 unspecified atom stereocenters. The maximum Gasteiger partial charge on any atom is 0.410 e. The fraction of sp³-hybridized carbons (Fsp3) is 0.619. The van der Waals surface area contributed by atoms with E-state index in [4.69, 9.17) is 9.47 Å². The lowest BCUT2D eigenvalue weighted by Crippen LogP contribution is -2.47. The number of hydrogen-bond donors (Lipinski definition) is 2. The summed E-state index contributed by atoms with van der Waals surface area (Å²) in [4.78, 5) is 25.1. The van der Waals surface area contributed by atoms with Gasteiger partial charge >= 0.3 is 12.1 Å². The Balaban J connectivity index is 1.81. The first-order chi connectivity index (χ1) is 14.6. The summed E-state index contributed by atoms with van der Waals surface area (Å²) in [5.41, 5.74) is 1.61. The fourth-order valence-corrected chi connectivity index (χ4v) is 6.43. The van der Waals surface area contributed by atoms with Gasteiger partial charge in [-0.2, -0.15) is 0 Å². The number of sulfone groups is 1. The molecule has 9 nitrogen and oxygen atoms in total. The lowest BCUT2D eigenvalue weighted by atomic mass is 9.87. The predicted molar refractivity (Wildman–Crippen MR) is 112 cm³/mol. The molecule has 2 fully saturated rings. The molecule has 2 N–H and O–H groups in total. The third-order valence-electron chi connectivity index (χ3n) is 5.95. The number of carbonyl (C=O) groups is 2. The molecule has 31 heavy (non-hydrogen) atoms. The second-order valence-electron chi connectivity index (χ2n) is 8.25. The topological polar surface area (TPSA) is 130 Å². The predicted octanol–water partition coefficient (Wildman–Crippen LogP) is 1.12. The number of hydrogen-bond acceptors (Lipinski definition) is 7. The van der Waals surface area contributed by atoms with E-state index in [1.54, 1.807) is 24.1 Å². The molecule has 0 aliphatic carbocycles. The fourth-order valence-electron chi connectivity index (χ4n) is 4.44. The van der Waals surface area contributed by atoms with E-state index in [0.29, 0.717) is 18.7 Å². The third-order valence-corrected chi connectivity index (χ3v) is 7.75. The van der Waals surface area contributed by atoms with Crippen LogP contribution in [0.15, 0.2) is 18.2 Å². The van der Waals surface area contributed by atoms with Gasteiger partial charge in [-0.05, 0) is 36.5 Å². The summed E-state index contributed by atoms with van der Waals surface area (Å²) in [6, 6.07) is 5.29. The van der Waals surface area contributed by atoms with E-state index in [2.05, 4.69) is 0 Å². The lowest BCUT2D eigenvalue weighted by molar-refractivity contribution is -0.146. The number of aliphatic hydroxyl groups excluding tert-OH is 1. The second-order valence-corrected chi connectivity index (χ2v) is 10.4. The van der Waals surface area contributed by atoms with Crippen molar-refractivity contribution in [3.63, 3.8) is 0 Å². The number of methoxy groups -OCH3 is 1. The average Bonchev–Trinajstić information content (AvgIpc) is 3.04. The second kappa shape index (κ2) is 9.44. The minimum absolute atomic E-state index is 0.131. The molecule has 2 heterocycles. The molecule has 2 aliphatic heterocycles. The Kier molecular flexibility index (Phi) is 7.10. The number of amides is 1. The molecule has 10 heteroatoms. The normalized spacial score (nSPS) is 27.7. The number of carbonyl (C=O) groups excluding carboxylic acids is 1. The van der Waals surface area contributed by atoms with Crippen LogP contribution in [0.4, 0.5) is 4.79 Å². The number of benzene rings is 1. The summed E-state index contributed by atoms with van der Waals surface area (Å²) in [6.07, 6.45) is -0.0437. The van der Waals surface area contributed by atoms with E-state index in [9.17, 15) is 28.2 Å². The Labute approximate surface area is 181 Å². The van der Waals surface area contributed by atoms with Gasteiger partial charge in [0.15, 0.2) is 9.84 Å². The van der Waals surface area contributed by atoms with E-state index in [1.807, 2.05) is 13.0 Å². The molecule has 1 amide bonds. The smallest absolute Gasteiger partial charge is 0.410 e. The van der Waals surface area contributed by atoms with Crippen LogP contribution >= 0.6 is 0 Å². The first kappa shape index (κ1) is 23.3. The largest absolute Gasteiger partial charge is 0.496 e. The minimum Gasteiger partial charge on any atom is -0.496 e. The molecule has 0 aromatic heterocycles. The molecular weight excluding hydrogens is 426 g/mol. The van der Waals surface area contributed by atoms with Crippen LogP contribution in [0, 0.1) is 11.8 Å². The summed E-state index contributed by atoms with van der Waals surface area (Å²) in [5, 5.41) is 19.8. The molecule has 172 valence electrons. The van der Waals surface area contributed by atoms with Crippen molar-refractivity contribution in [2.24, 2.45) is 11.8 Å². The highest BCUT2D eigenvalue weighted by atomic mass is 32.2. The van der Waals surface area contributed by atoms with E-state index >= 15 is 0 Å².